The van der Waals surface area contributed by atoms with Crippen LogP contribution < -0.4 is 0 Å². The van der Waals surface area contributed by atoms with Gasteiger partial charge in [-0.1, -0.05) is 48.0 Å². The van der Waals surface area contributed by atoms with E-state index >= 15 is 0 Å². The van der Waals surface area contributed by atoms with Gasteiger partial charge in [0, 0.05) is 23.8 Å². The average molecular weight is 378 g/mol. The van der Waals surface area contributed by atoms with E-state index in [9.17, 15) is 0 Å². The molecule has 0 amide bonds. The van der Waals surface area contributed by atoms with Crippen molar-refractivity contribution in [3.63, 3.8) is 0 Å². The van der Waals surface area contributed by atoms with Gasteiger partial charge < -0.3 is 4.90 Å². The van der Waals surface area contributed by atoms with Crippen molar-refractivity contribution in [1.82, 2.24) is 14.9 Å². The molecule has 0 aliphatic carbocycles. The summed E-state index contributed by atoms with van der Waals surface area (Å²) in [6, 6.07) is 20.1. The quantitative estimate of drug-likeness (QED) is 0.496. The van der Waals surface area contributed by atoms with Crippen LogP contribution in [0.15, 0.2) is 73.1 Å². The van der Waals surface area contributed by atoms with Crippen molar-refractivity contribution in [1.29, 1.82) is 0 Å². The highest BCUT2D eigenvalue weighted by Gasteiger charge is 2.03. The summed E-state index contributed by atoms with van der Waals surface area (Å²) >= 11 is 0. The van der Waals surface area contributed by atoms with E-state index in [2.05, 4.69) is 54.0 Å². The second-order valence-corrected chi connectivity index (χ2v) is 7.04. The fraction of sp³-hybridized carbons (Fsp3) is 0.360. The number of aromatic nitrogens is 2. The summed E-state index contributed by atoms with van der Waals surface area (Å²) in [5.74, 6) is 0. The summed E-state index contributed by atoms with van der Waals surface area (Å²) in [6.45, 7) is 10.8. The van der Waals surface area contributed by atoms with Gasteiger partial charge in [-0.25, -0.2) is 0 Å². The molecule has 0 spiro atoms. The van der Waals surface area contributed by atoms with Gasteiger partial charge in [-0.2, -0.15) is 0 Å². The van der Waals surface area contributed by atoms with Gasteiger partial charge in [-0.05, 0) is 84.4 Å². The highest BCUT2D eigenvalue weighted by atomic mass is 15.1. The second-order valence-electron chi connectivity index (χ2n) is 7.04. The number of pyridine rings is 2. The van der Waals surface area contributed by atoms with Gasteiger partial charge in [0.15, 0.2) is 0 Å². The number of aryl methyl sites for hydroxylation is 4. The van der Waals surface area contributed by atoms with E-state index in [0.29, 0.717) is 0 Å². The molecule has 3 heterocycles. The molecule has 4 rings (SSSR count). The lowest BCUT2D eigenvalue weighted by Crippen LogP contribution is -2.10. The maximum atomic E-state index is 4.08. The lowest BCUT2D eigenvalue weighted by atomic mass is 10.2. The Morgan fingerprint density at radius 1 is 0.679 bits per heavy atom. The highest BCUT2D eigenvalue weighted by Crippen LogP contribution is 2.02. The van der Waals surface area contributed by atoms with Gasteiger partial charge in [0.25, 0.3) is 0 Å². The first-order chi connectivity index (χ1) is 13.5. The van der Waals surface area contributed by atoms with Crippen LogP contribution in [-0.2, 0) is 0 Å². The SMILES string of the molecule is CN1CCCC1.Cc1ccccc1.Cc1ccccn1.Cc1cccnc1C. The maximum absolute atomic E-state index is 4.08. The van der Waals surface area contributed by atoms with Crippen LogP contribution in [0.4, 0.5) is 0 Å². The van der Waals surface area contributed by atoms with E-state index in [1.165, 1.54) is 37.1 Å². The minimum atomic E-state index is 1.07. The lowest BCUT2D eigenvalue weighted by molar-refractivity contribution is 0.418. The van der Waals surface area contributed by atoms with Crippen molar-refractivity contribution in [2.45, 2.75) is 40.5 Å². The first-order valence-corrected chi connectivity index (χ1v) is 9.95. The number of rotatable bonds is 0. The third-order valence-electron chi connectivity index (χ3n) is 4.35. The highest BCUT2D eigenvalue weighted by molar-refractivity contribution is 5.15. The molecule has 3 heteroatoms. The monoisotopic (exact) mass is 377 g/mol. The summed E-state index contributed by atoms with van der Waals surface area (Å²) in [4.78, 5) is 10.4. The molecule has 1 aliphatic rings. The van der Waals surface area contributed by atoms with Gasteiger partial charge in [0.1, 0.15) is 0 Å². The fourth-order valence-corrected chi connectivity index (χ4v) is 2.42. The molecule has 0 unspecified atom stereocenters. The Bertz CT molecular complexity index is 678. The Hall–Kier alpha value is -2.52. The molecular weight excluding hydrogens is 342 g/mol. The molecule has 0 saturated carbocycles. The van der Waals surface area contributed by atoms with Gasteiger partial charge in [-0.15, -0.1) is 0 Å². The zero-order valence-electron chi connectivity index (χ0n) is 18.1. The molecule has 1 aliphatic heterocycles. The molecule has 0 bridgehead atoms. The van der Waals surface area contributed by atoms with Gasteiger partial charge in [-0.3, -0.25) is 9.97 Å². The summed E-state index contributed by atoms with van der Waals surface area (Å²) in [5.41, 5.74) is 4.77. The lowest BCUT2D eigenvalue weighted by Gasteiger charge is -2.01. The Balaban J connectivity index is 0.000000188. The standard InChI is InChI=1S/C7H9N.C7H8.C6H7N.C5H11N/c1-6-4-3-5-8-7(6)2;1-7-5-3-2-4-6-7;1-6-4-2-3-5-7-6;1-6-4-2-3-5-6/h3-5H,1-2H3;2-6H,1H3;2-5H,1H3;2-5H2,1H3. The summed E-state index contributed by atoms with van der Waals surface area (Å²) in [6.07, 6.45) is 6.42. The van der Waals surface area contributed by atoms with Crippen molar-refractivity contribution < 1.29 is 0 Å². The number of benzene rings is 1. The third-order valence-corrected chi connectivity index (χ3v) is 4.35. The van der Waals surface area contributed by atoms with Crippen molar-refractivity contribution in [3.05, 3.63) is 95.6 Å². The third kappa shape index (κ3) is 12.0. The van der Waals surface area contributed by atoms with Crippen LogP contribution in [0, 0.1) is 27.7 Å². The Kier molecular flexibility index (Phi) is 12.2. The van der Waals surface area contributed by atoms with E-state index < -0.39 is 0 Å². The van der Waals surface area contributed by atoms with Crippen LogP contribution in [0.25, 0.3) is 0 Å². The van der Waals surface area contributed by atoms with Crippen LogP contribution >= 0.6 is 0 Å². The normalized spacial score (nSPS) is 12.5. The Labute approximate surface area is 171 Å². The molecular formula is C25H35N3. The van der Waals surface area contributed by atoms with Crippen molar-refractivity contribution in [2.24, 2.45) is 0 Å². The molecule has 150 valence electrons. The number of likely N-dealkylation sites (tertiary alicyclic amines) is 1. The molecule has 28 heavy (non-hydrogen) atoms. The first kappa shape index (κ1) is 23.5. The van der Waals surface area contributed by atoms with Crippen LogP contribution in [-0.4, -0.2) is 35.0 Å². The molecule has 3 nitrogen and oxygen atoms in total. The topological polar surface area (TPSA) is 29.0 Å². The molecule has 0 atom stereocenters. The van der Waals surface area contributed by atoms with E-state index in [0.717, 1.165) is 11.4 Å². The van der Waals surface area contributed by atoms with Gasteiger partial charge in [0.05, 0.1) is 0 Å². The Morgan fingerprint density at radius 3 is 1.57 bits per heavy atom. The minimum Gasteiger partial charge on any atom is -0.306 e. The molecule has 1 fully saturated rings. The molecule has 1 saturated heterocycles. The van der Waals surface area contributed by atoms with Crippen LogP contribution in [0.2, 0.25) is 0 Å². The molecule has 2 aromatic heterocycles. The molecule has 1 aromatic carbocycles. The number of nitrogens with zero attached hydrogens (tertiary/aromatic N) is 3. The van der Waals surface area contributed by atoms with E-state index in [-0.39, 0.29) is 0 Å². The fourth-order valence-electron chi connectivity index (χ4n) is 2.42. The molecule has 0 N–H and O–H groups in total. The maximum Gasteiger partial charge on any atom is 0.0401 e. The zero-order valence-corrected chi connectivity index (χ0v) is 18.1. The summed E-state index contributed by atoms with van der Waals surface area (Å²) in [5, 5.41) is 0. The largest absolute Gasteiger partial charge is 0.306 e. The molecule has 0 radical (unpaired) electrons. The van der Waals surface area contributed by atoms with Gasteiger partial charge in [0.2, 0.25) is 0 Å². The van der Waals surface area contributed by atoms with E-state index in [1.807, 2.05) is 62.5 Å². The van der Waals surface area contributed by atoms with Gasteiger partial charge >= 0.3 is 0 Å². The van der Waals surface area contributed by atoms with Crippen molar-refractivity contribution in [3.8, 4) is 0 Å². The number of hydrogen-bond acceptors (Lipinski definition) is 3. The smallest absolute Gasteiger partial charge is 0.0401 e. The first-order valence-electron chi connectivity index (χ1n) is 9.95. The number of hydrogen-bond donors (Lipinski definition) is 0. The van der Waals surface area contributed by atoms with Crippen LogP contribution in [0.3, 0.4) is 0 Å². The molecule has 3 aromatic rings. The Morgan fingerprint density at radius 2 is 1.29 bits per heavy atom. The van der Waals surface area contributed by atoms with Crippen molar-refractivity contribution in [2.75, 3.05) is 20.1 Å². The van der Waals surface area contributed by atoms with Crippen molar-refractivity contribution >= 4 is 0 Å². The second kappa shape index (κ2) is 14.5. The summed E-state index contributed by atoms with van der Waals surface area (Å²) < 4.78 is 0. The zero-order chi connectivity index (χ0) is 20.6. The van der Waals surface area contributed by atoms with E-state index in [4.69, 9.17) is 0 Å². The van der Waals surface area contributed by atoms with E-state index in [1.54, 1.807) is 6.20 Å². The predicted molar refractivity (Wildman–Crippen MR) is 121 cm³/mol. The predicted octanol–water partition coefficient (Wildman–Crippen LogP) is 5.80. The average Bonchev–Trinajstić information content (AvgIpc) is 3.18. The minimum absolute atomic E-state index is 1.07. The van der Waals surface area contributed by atoms with Crippen LogP contribution in [0.1, 0.15) is 35.4 Å². The summed E-state index contributed by atoms with van der Waals surface area (Å²) in [7, 11) is 2.17. The van der Waals surface area contributed by atoms with Crippen LogP contribution in [0.5, 0.6) is 0 Å².